The molecule has 2 aromatic rings. The molecule has 31 heavy (non-hydrogen) atoms. The van der Waals surface area contributed by atoms with Crippen molar-refractivity contribution in [3.8, 4) is 0 Å². The largest absolute Gasteiger partial charge is 0.465 e. The van der Waals surface area contributed by atoms with Crippen molar-refractivity contribution < 1.29 is 33.4 Å². The van der Waals surface area contributed by atoms with Gasteiger partial charge in [0, 0.05) is 5.69 Å². The molecule has 9 nitrogen and oxygen atoms in total. The number of nitrogens with zero attached hydrogens (tertiary/aromatic N) is 2. The van der Waals surface area contributed by atoms with E-state index in [0.717, 1.165) is 9.80 Å². The molecule has 0 spiro atoms. The van der Waals surface area contributed by atoms with Crippen molar-refractivity contribution in [2.75, 3.05) is 31.2 Å². The van der Waals surface area contributed by atoms with Crippen LogP contribution < -0.4 is 4.90 Å². The van der Waals surface area contributed by atoms with E-state index in [-0.39, 0.29) is 24.3 Å². The molecule has 0 N–H and O–H groups in total. The minimum atomic E-state index is -0.924. The van der Waals surface area contributed by atoms with Crippen molar-refractivity contribution >= 4 is 35.3 Å². The normalized spacial score (nSPS) is 12.4. The Hall–Kier alpha value is -4.01. The number of carbonyl (C=O) groups is 5. The summed E-state index contributed by atoms with van der Waals surface area (Å²) >= 11 is 0. The number of carbonyl (C=O) groups excluding carboxylic acids is 5. The van der Waals surface area contributed by atoms with Gasteiger partial charge < -0.3 is 9.47 Å². The van der Waals surface area contributed by atoms with E-state index in [0.29, 0.717) is 5.69 Å². The molecule has 0 radical (unpaired) electrons. The van der Waals surface area contributed by atoms with E-state index < -0.39 is 42.8 Å². The van der Waals surface area contributed by atoms with Crippen molar-refractivity contribution in [2.24, 2.45) is 0 Å². The van der Waals surface area contributed by atoms with E-state index in [1.54, 1.807) is 49.4 Å². The van der Waals surface area contributed by atoms with E-state index in [1.807, 2.05) is 0 Å². The number of fused-ring (bicyclic) bond motifs is 1. The van der Waals surface area contributed by atoms with Crippen LogP contribution in [-0.4, -0.2) is 60.9 Å². The molecule has 0 bridgehead atoms. The smallest absolute Gasteiger partial charge is 0.326 e. The summed E-state index contributed by atoms with van der Waals surface area (Å²) in [5.41, 5.74) is 0.846. The van der Waals surface area contributed by atoms with Crippen LogP contribution in [0.15, 0.2) is 54.6 Å². The Kier molecular flexibility index (Phi) is 6.76. The first-order valence-electron chi connectivity index (χ1n) is 9.54. The number of para-hydroxylation sites is 1. The highest BCUT2D eigenvalue weighted by Gasteiger charge is 2.36. The monoisotopic (exact) mass is 424 g/mol. The number of anilines is 1. The molecular weight excluding hydrogens is 404 g/mol. The topological polar surface area (TPSA) is 110 Å². The minimum Gasteiger partial charge on any atom is -0.465 e. The van der Waals surface area contributed by atoms with E-state index in [4.69, 9.17) is 9.47 Å². The van der Waals surface area contributed by atoms with Crippen LogP contribution in [0.5, 0.6) is 0 Å². The number of rotatable bonds is 8. The second-order valence-electron chi connectivity index (χ2n) is 6.52. The fraction of sp³-hybridized carbons (Fsp3) is 0.227. The zero-order chi connectivity index (χ0) is 22.4. The quantitative estimate of drug-likeness (QED) is 0.466. The summed E-state index contributed by atoms with van der Waals surface area (Å²) in [5, 5.41) is 0. The van der Waals surface area contributed by atoms with Crippen LogP contribution in [0.3, 0.4) is 0 Å². The number of esters is 2. The average Bonchev–Trinajstić information content (AvgIpc) is 3.01. The van der Waals surface area contributed by atoms with Crippen molar-refractivity contribution in [2.45, 2.75) is 6.92 Å². The van der Waals surface area contributed by atoms with Gasteiger partial charge in [-0.3, -0.25) is 33.8 Å². The second-order valence-corrected chi connectivity index (χ2v) is 6.52. The number of hydrogen-bond acceptors (Lipinski definition) is 7. The van der Waals surface area contributed by atoms with Gasteiger partial charge in [0.25, 0.3) is 17.7 Å². The maximum absolute atomic E-state index is 12.6. The van der Waals surface area contributed by atoms with Gasteiger partial charge in [-0.25, -0.2) is 0 Å². The Labute approximate surface area is 178 Å². The molecule has 160 valence electrons. The van der Waals surface area contributed by atoms with E-state index in [2.05, 4.69) is 0 Å². The maximum Gasteiger partial charge on any atom is 0.326 e. The van der Waals surface area contributed by atoms with Crippen LogP contribution in [0.1, 0.15) is 27.6 Å². The van der Waals surface area contributed by atoms with Gasteiger partial charge in [0.05, 0.1) is 17.7 Å². The van der Waals surface area contributed by atoms with Gasteiger partial charge >= 0.3 is 11.9 Å². The number of amides is 3. The molecule has 0 aliphatic carbocycles. The van der Waals surface area contributed by atoms with Crippen LogP contribution in [-0.2, 0) is 23.9 Å². The molecule has 0 unspecified atom stereocenters. The third-order valence-electron chi connectivity index (χ3n) is 4.48. The molecule has 3 amide bonds. The van der Waals surface area contributed by atoms with Crippen LogP contribution in [0.4, 0.5) is 5.69 Å². The Balaban J connectivity index is 1.61. The van der Waals surface area contributed by atoms with E-state index >= 15 is 0 Å². The van der Waals surface area contributed by atoms with E-state index in [9.17, 15) is 24.0 Å². The van der Waals surface area contributed by atoms with Gasteiger partial charge in [-0.1, -0.05) is 30.3 Å². The predicted molar refractivity (Wildman–Crippen MR) is 108 cm³/mol. The molecule has 3 rings (SSSR count). The summed E-state index contributed by atoms with van der Waals surface area (Å²) in [5.74, 6) is -3.40. The van der Waals surface area contributed by atoms with Crippen molar-refractivity contribution in [1.29, 1.82) is 0 Å². The van der Waals surface area contributed by atoms with Crippen LogP contribution in [0.25, 0.3) is 0 Å². The zero-order valence-electron chi connectivity index (χ0n) is 16.8. The number of imide groups is 1. The molecule has 2 aromatic carbocycles. The molecule has 0 saturated heterocycles. The summed E-state index contributed by atoms with van der Waals surface area (Å²) in [6, 6.07) is 14.6. The molecule has 9 heteroatoms. The fourth-order valence-electron chi connectivity index (χ4n) is 3.04. The summed E-state index contributed by atoms with van der Waals surface area (Å²) < 4.78 is 9.87. The Morgan fingerprint density at radius 3 is 2.00 bits per heavy atom. The lowest BCUT2D eigenvalue weighted by atomic mass is 10.1. The second kappa shape index (κ2) is 9.66. The number of hydrogen-bond donors (Lipinski definition) is 0. The summed E-state index contributed by atoms with van der Waals surface area (Å²) in [6.07, 6.45) is 0. The standard InChI is InChI=1S/C22H20N2O7/c1-2-30-19(26)12-23(15-8-4-3-5-9-15)18(25)14-31-20(27)13-24-21(28)16-10-6-7-11-17(16)22(24)29/h3-11H,2,12-14H2,1H3. The molecule has 1 heterocycles. The lowest BCUT2D eigenvalue weighted by molar-refractivity contribution is -0.148. The predicted octanol–water partition coefficient (Wildman–Crippen LogP) is 1.42. The Bertz CT molecular complexity index is 985. The van der Waals surface area contributed by atoms with Crippen LogP contribution in [0, 0.1) is 0 Å². The van der Waals surface area contributed by atoms with Gasteiger partial charge in [-0.2, -0.15) is 0 Å². The lowest BCUT2D eigenvalue weighted by Gasteiger charge is -2.22. The molecule has 0 aromatic heterocycles. The molecular formula is C22H20N2O7. The van der Waals surface area contributed by atoms with E-state index in [1.165, 1.54) is 12.1 Å². The highest BCUT2D eigenvalue weighted by molar-refractivity contribution is 6.22. The molecule has 1 aliphatic rings. The lowest BCUT2D eigenvalue weighted by Crippen LogP contribution is -2.41. The molecule has 0 atom stereocenters. The van der Waals surface area contributed by atoms with Gasteiger partial charge in [-0.05, 0) is 31.2 Å². The summed E-state index contributed by atoms with van der Waals surface area (Å²) in [6.45, 7) is 0.157. The van der Waals surface area contributed by atoms with Crippen molar-refractivity contribution in [3.63, 3.8) is 0 Å². The first-order valence-corrected chi connectivity index (χ1v) is 9.54. The zero-order valence-corrected chi connectivity index (χ0v) is 16.8. The third kappa shape index (κ3) is 4.95. The first kappa shape index (κ1) is 21.7. The third-order valence-corrected chi connectivity index (χ3v) is 4.48. The van der Waals surface area contributed by atoms with Crippen molar-refractivity contribution in [1.82, 2.24) is 4.90 Å². The average molecular weight is 424 g/mol. The van der Waals surface area contributed by atoms with Gasteiger partial charge in [-0.15, -0.1) is 0 Å². The Morgan fingerprint density at radius 1 is 0.839 bits per heavy atom. The fourth-order valence-corrected chi connectivity index (χ4v) is 3.04. The van der Waals surface area contributed by atoms with Crippen LogP contribution in [0.2, 0.25) is 0 Å². The first-order chi connectivity index (χ1) is 14.9. The molecule has 1 aliphatic heterocycles. The van der Waals surface area contributed by atoms with Crippen LogP contribution >= 0.6 is 0 Å². The molecule has 0 fully saturated rings. The highest BCUT2D eigenvalue weighted by Crippen LogP contribution is 2.22. The van der Waals surface area contributed by atoms with Gasteiger partial charge in [0.2, 0.25) is 0 Å². The SMILES string of the molecule is CCOC(=O)CN(C(=O)COC(=O)CN1C(=O)c2ccccc2C1=O)c1ccccc1. The van der Waals surface area contributed by atoms with Gasteiger partial charge in [0.15, 0.2) is 6.61 Å². The highest BCUT2D eigenvalue weighted by atomic mass is 16.5. The summed E-state index contributed by atoms with van der Waals surface area (Å²) in [7, 11) is 0. The molecule has 0 saturated carbocycles. The maximum atomic E-state index is 12.6. The summed E-state index contributed by atoms with van der Waals surface area (Å²) in [4.78, 5) is 63.3. The number of ether oxygens (including phenoxy) is 2. The Morgan fingerprint density at radius 2 is 1.42 bits per heavy atom. The minimum absolute atomic E-state index is 0.158. The number of benzene rings is 2. The van der Waals surface area contributed by atoms with Gasteiger partial charge in [0.1, 0.15) is 13.1 Å². The van der Waals surface area contributed by atoms with Crippen molar-refractivity contribution in [3.05, 3.63) is 65.7 Å².